The lowest BCUT2D eigenvalue weighted by atomic mass is 10.2. The Morgan fingerprint density at radius 3 is 2.62 bits per heavy atom. The van der Waals surface area contributed by atoms with Crippen molar-refractivity contribution in [2.45, 2.75) is 6.61 Å². The van der Waals surface area contributed by atoms with E-state index in [1.165, 1.54) is 0 Å². The van der Waals surface area contributed by atoms with Crippen molar-refractivity contribution in [1.82, 2.24) is 0 Å². The van der Waals surface area contributed by atoms with Crippen LogP contribution in [0.15, 0.2) is 83.5 Å². The van der Waals surface area contributed by atoms with Crippen LogP contribution in [0.4, 0.5) is 0 Å². The number of nitrogens with zero attached hydrogens (tertiary/aromatic N) is 1. The van der Waals surface area contributed by atoms with Crippen molar-refractivity contribution in [3.8, 4) is 5.75 Å². The molecule has 1 aliphatic rings. The molecule has 0 saturated heterocycles. The second kappa shape index (κ2) is 8.52. The molecular formula is C23H15Cl2NO3. The number of aliphatic imine (C=N–C) groups is 1. The fourth-order valence-electron chi connectivity index (χ4n) is 2.78. The quantitative estimate of drug-likeness (QED) is 0.378. The minimum Gasteiger partial charge on any atom is -0.489 e. The number of carbonyl (C=O) groups excluding carboxylic acids is 1. The standard InChI is InChI=1S/C23H15Cl2NO3/c24-18-8-4-7-16(13-18)22-26-21(23(27)29-22)12-15-5-3-9-19(11-15)28-14-17-6-1-2-10-20(17)25/h1-13H,14H2/b21-12-. The normalized spacial score (nSPS) is 14.6. The van der Waals surface area contributed by atoms with E-state index in [0.29, 0.717) is 28.0 Å². The molecule has 1 aliphatic heterocycles. The fraction of sp³-hybridized carbons (Fsp3) is 0.0435. The van der Waals surface area contributed by atoms with E-state index in [1.54, 1.807) is 30.3 Å². The van der Waals surface area contributed by atoms with Crippen LogP contribution < -0.4 is 4.74 Å². The molecule has 0 aliphatic carbocycles. The van der Waals surface area contributed by atoms with Gasteiger partial charge in [0.15, 0.2) is 5.70 Å². The molecule has 0 N–H and O–H groups in total. The molecule has 3 aromatic carbocycles. The molecule has 0 bridgehead atoms. The summed E-state index contributed by atoms with van der Waals surface area (Å²) in [5.74, 6) is 0.377. The second-order valence-electron chi connectivity index (χ2n) is 6.30. The average Bonchev–Trinajstić information content (AvgIpc) is 3.08. The molecule has 0 amide bonds. The molecule has 4 nitrogen and oxygen atoms in total. The molecule has 3 aromatic rings. The minimum atomic E-state index is -0.512. The van der Waals surface area contributed by atoms with Crippen LogP contribution >= 0.6 is 23.2 Å². The summed E-state index contributed by atoms with van der Waals surface area (Å²) in [6.07, 6.45) is 1.65. The number of rotatable bonds is 5. The zero-order valence-corrected chi connectivity index (χ0v) is 16.7. The number of cyclic esters (lactones) is 1. The van der Waals surface area contributed by atoms with Gasteiger partial charge in [-0.2, -0.15) is 0 Å². The summed E-state index contributed by atoms with van der Waals surface area (Å²) >= 11 is 12.2. The number of carbonyl (C=O) groups is 1. The molecule has 1 heterocycles. The SMILES string of the molecule is O=C1OC(c2cccc(Cl)c2)=N/C1=C\c1cccc(OCc2ccccc2Cl)c1. The predicted molar refractivity (Wildman–Crippen MR) is 114 cm³/mol. The van der Waals surface area contributed by atoms with Gasteiger partial charge in [-0.1, -0.05) is 59.6 Å². The van der Waals surface area contributed by atoms with Crippen LogP contribution in [0.3, 0.4) is 0 Å². The summed E-state index contributed by atoms with van der Waals surface area (Å²) in [4.78, 5) is 16.5. The van der Waals surface area contributed by atoms with Crippen LogP contribution in [0.1, 0.15) is 16.7 Å². The first-order chi connectivity index (χ1) is 14.1. The van der Waals surface area contributed by atoms with Crippen molar-refractivity contribution in [2.75, 3.05) is 0 Å². The highest BCUT2D eigenvalue weighted by molar-refractivity contribution is 6.31. The van der Waals surface area contributed by atoms with Gasteiger partial charge in [-0.05, 0) is 48.0 Å². The van der Waals surface area contributed by atoms with Crippen molar-refractivity contribution in [2.24, 2.45) is 4.99 Å². The Bertz CT molecular complexity index is 1140. The van der Waals surface area contributed by atoms with Crippen molar-refractivity contribution in [1.29, 1.82) is 0 Å². The Balaban J connectivity index is 1.53. The number of hydrogen-bond acceptors (Lipinski definition) is 4. The Hall–Kier alpha value is -3.08. The van der Waals surface area contributed by atoms with Gasteiger partial charge in [0.1, 0.15) is 12.4 Å². The van der Waals surface area contributed by atoms with E-state index < -0.39 is 5.97 Å². The molecule has 0 aromatic heterocycles. The molecule has 29 heavy (non-hydrogen) atoms. The molecule has 4 rings (SSSR count). The highest BCUT2D eigenvalue weighted by Crippen LogP contribution is 2.23. The van der Waals surface area contributed by atoms with Crippen molar-refractivity contribution < 1.29 is 14.3 Å². The Morgan fingerprint density at radius 2 is 1.79 bits per heavy atom. The van der Waals surface area contributed by atoms with Gasteiger partial charge in [0.2, 0.25) is 5.90 Å². The van der Waals surface area contributed by atoms with Crippen LogP contribution in [0, 0.1) is 0 Å². The highest BCUT2D eigenvalue weighted by atomic mass is 35.5. The van der Waals surface area contributed by atoms with Gasteiger partial charge in [0.25, 0.3) is 0 Å². The van der Waals surface area contributed by atoms with Crippen LogP contribution in [0.25, 0.3) is 6.08 Å². The first-order valence-corrected chi connectivity index (χ1v) is 9.59. The van der Waals surface area contributed by atoms with Crippen molar-refractivity contribution >= 4 is 41.1 Å². The predicted octanol–water partition coefficient (Wildman–Crippen LogP) is 5.92. The van der Waals surface area contributed by atoms with E-state index in [9.17, 15) is 4.79 Å². The summed E-state index contributed by atoms with van der Waals surface area (Å²) in [6.45, 7) is 0.346. The van der Waals surface area contributed by atoms with Crippen LogP contribution in [-0.2, 0) is 16.1 Å². The summed E-state index contributed by atoms with van der Waals surface area (Å²) in [5, 5.41) is 1.20. The summed E-state index contributed by atoms with van der Waals surface area (Å²) in [6, 6.07) is 21.9. The Kier molecular flexibility index (Phi) is 5.65. The van der Waals surface area contributed by atoms with E-state index in [-0.39, 0.29) is 11.6 Å². The molecule has 6 heteroatoms. The first kappa shape index (κ1) is 19.2. The van der Waals surface area contributed by atoms with Crippen LogP contribution in [0.2, 0.25) is 10.0 Å². The van der Waals surface area contributed by atoms with E-state index in [2.05, 4.69) is 4.99 Å². The zero-order valence-electron chi connectivity index (χ0n) is 15.1. The van der Waals surface area contributed by atoms with Crippen molar-refractivity contribution in [3.63, 3.8) is 0 Å². The maximum atomic E-state index is 12.2. The van der Waals surface area contributed by atoms with Gasteiger partial charge in [0.05, 0.1) is 0 Å². The lowest BCUT2D eigenvalue weighted by Crippen LogP contribution is -2.05. The summed E-state index contributed by atoms with van der Waals surface area (Å²) in [5.41, 5.74) is 2.52. The lowest BCUT2D eigenvalue weighted by Gasteiger charge is -2.08. The van der Waals surface area contributed by atoms with E-state index in [0.717, 1.165) is 11.1 Å². The molecule has 0 radical (unpaired) electrons. The van der Waals surface area contributed by atoms with Crippen LogP contribution in [-0.4, -0.2) is 11.9 Å². The molecule has 0 saturated carbocycles. The maximum absolute atomic E-state index is 12.2. The number of ether oxygens (including phenoxy) is 2. The molecular weight excluding hydrogens is 409 g/mol. The van der Waals surface area contributed by atoms with Gasteiger partial charge in [-0.3, -0.25) is 0 Å². The molecule has 0 spiro atoms. The van der Waals surface area contributed by atoms with Gasteiger partial charge >= 0.3 is 5.97 Å². The molecule has 0 fully saturated rings. The Morgan fingerprint density at radius 1 is 0.966 bits per heavy atom. The van der Waals surface area contributed by atoms with Crippen molar-refractivity contribution in [3.05, 3.63) is 105 Å². The minimum absolute atomic E-state index is 0.211. The smallest absolute Gasteiger partial charge is 0.363 e. The topological polar surface area (TPSA) is 47.9 Å². The van der Waals surface area contributed by atoms with E-state index in [1.807, 2.05) is 48.5 Å². The summed E-state index contributed by atoms with van der Waals surface area (Å²) < 4.78 is 11.1. The van der Waals surface area contributed by atoms with Crippen LogP contribution in [0.5, 0.6) is 5.75 Å². The van der Waals surface area contributed by atoms with Gasteiger partial charge in [0, 0.05) is 21.2 Å². The van der Waals surface area contributed by atoms with Gasteiger partial charge in [-0.15, -0.1) is 0 Å². The third kappa shape index (κ3) is 4.67. The van der Waals surface area contributed by atoms with Gasteiger partial charge in [-0.25, -0.2) is 9.79 Å². The number of esters is 1. The molecule has 0 unspecified atom stereocenters. The average molecular weight is 424 g/mol. The van der Waals surface area contributed by atoms with Gasteiger partial charge < -0.3 is 9.47 Å². The lowest BCUT2D eigenvalue weighted by molar-refractivity contribution is -0.129. The Labute approximate surface area is 178 Å². The molecule has 144 valence electrons. The van der Waals surface area contributed by atoms with E-state index >= 15 is 0 Å². The largest absolute Gasteiger partial charge is 0.489 e. The van der Waals surface area contributed by atoms with E-state index in [4.69, 9.17) is 32.7 Å². The molecule has 0 atom stereocenters. The highest BCUT2D eigenvalue weighted by Gasteiger charge is 2.24. The third-order valence-electron chi connectivity index (χ3n) is 4.21. The monoisotopic (exact) mass is 423 g/mol. The third-order valence-corrected chi connectivity index (χ3v) is 4.81. The second-order valence-corrected chi connectivity index (χ2v) is 7.14. The number of hydrogen-bond donors (Lipinski definition) is 0. The zero-order chi connectivity index (χ0) is 20.2. The number of halogens is 2. The first-order valence-electron chi connectivity index (χ1n) is 8.83. The maximum Gasteiger partial charge on any atom is 0.363 e. The fourth-order valence-corrected chi connectivity index (χ4v) is 3.16. The summed E-state index contributed by atoms with van der Waals surface area (Å²) in [7, 11) is 0. The number of benzene rings is 3.